The molecule has 1 rings (SSSR count). The van der Waals surface area contributed by atoms with Crippen LogP contribution in [0.1, 0.15) is 12.2 Å². The summed E-state index contributed by atoms with van der Waals surface area (Å²) in [6.45, 7) is 0.905. The molecule has 1 aromatic rings. The first-order valence-electron chi connectivity index (χ1n) is 4.53. The van der Waals surface area contributed by atoms with E-state index in [0.29, 0.717) is 6.42 Å². The van der Waals surface area contributed by atoms with E-state index in [4.69, 9.17) is 4.42 Å². The number of aliphatic hydroxyl groups excluding tert-OH is 1. The van der Waals surface area contributed by atoms with E-state index in [0.717, 1.165) is 18.7 Å². The van der Waals surface area contributed by atoms with Gasteiger partial charge in [0.2, 0.25) is 0 Å². The molecule has 1 atom stereocenters. The van der Waals surface area contributed by atoms with Crippen molar-refractivity contribution in [3.8, 4) is 0 Å². The maximum atomic E-state index is 9.58. The summed E-state index contributed by atoms with van der Waals surface area (Å²) in [7, 11) is 4.00. The molecule has 0 radical (unpaired) electrons. The van der Waals surface area contributed by atoms with Gasteiger partial charge >= 0.3 is 0 Å². The quantitative estimate of drug-likeness (QED) is 0.743. The first kappa shape index (κ1) is 10.3. The van der Waals surface area contributed by atoms with Gasteiger partial charge in [-0.05, 0) is 39.2 Å². The molecule has 3 heteroatoms. The molecule has 0 fully saturated rings. The van der Waals surface area contributed by atoms with Crippen LogP contribution in [0.15, 0.2) is 22.8 Å². The molecule has 1 aromatic heterocycles. The summed E-state index contributed by atoms with van der Waals surface area (Å²) in [6, 6.07) is 3.73. The van der Waals surface area contributed by atoms with Crippen LogP contribution in [0.3, 0.4) is 0 Å². The Hall–Kier alpha value is -0.800. The number of nitrogens with zero attached hydrogens (tertiary/aromatic N) is 1. The van der Waals surface area contributed by atoms with E-state index in [1.165, 1.54) is 0 Å². The minimum atomic E-state index is -0.298. The van der Waals surface area contributed by atoms with Crippen LogP contribution in [0.5, 0.6) is 0 Å². The molecule has 0 saturated heterocycles. The van der Waals surface area contributed by atoms with Crippen molar-refractivity contribution in [2.24, 2.45) is 0 Å². The Labute approximate surface area is 79.0 Å². The van der Waals surface area contributed by atoms with Crippen LogP contribution in [0, 0.1) is 0 Å². The molecule has 0 bridgehead atoms. The van der Waals surface area contributed by atoms with Crippen LogP contribution in [0.2, 0.25) is 0 Å². The van der Waals surface area contributed by atoms with Crippen LogP contribution < -0.4 is 0 Å². The predicted octanol–water partition coefficient (Wildman–Crippen LogP) is 1.13. The summed E-state index contributed by atoms with van der Waals surface area (Å²) in [5.74, 6) is 0.853. The zero-order chi connectivity index (χ0) is 9.68. The van der Waals surface area contributed by atoms with Gasteiger partial charge in [-0.25, -0.2) is 0 Å². The number of hydrogen-bond donors (Lipinski definition) is 1. The third-order valence-electron chi connectivity index (χ3n) is 1.93. The molecule has 0 saturated carbocycles. The molecule has 1 unspecified atom stereocenters. The SMILES string of the molecule is CN(C)CCC(O)Cc1ccco1. The Morgan fingerprint density at radius 3 is 2.85 bits per heavy atom. The molecule has 3 nitrogen and oxygen atoms in total. The molecule has 1 N–H and O–H groups in total. The molecule has 0 spiro atoms. The number of hydrogen-bond acceptors (Lipinski definition) is 3. The highest BCUT2D eigenvalue weighted by Gasteiger charge is 2.07. The minimum Gasteiger partial charge on any atom is -0.469 e. The van der Waals surface area contributed by atoms with E-state index in [1.54, 1.807) is 6.26 Å². The van der Waals surface area contributed by atoms with E-state index in [1.807, 2.05) is 26.2 Å². The molecule has 0 aliphatic carbocycles. The topological polar surface area (TPSA) is 36.6 Å². The van der Waals surface area contributed by atoms with Gasteiger partial charge in [0.25, 0.3) is 0 Å². The maximum Gasteiger partial charge on any atom is 0.106 e. The highest BCUT2D eigenvalue weighted by Crippen LogP contribution is 2.06. The van der Waals surface area contributed by atoms with E-state index < -0.39 is 0 Å². The summed E-state index contributed by atoms with van der Waals surface area (Å²) in [5.41, 5.74) is 0. The molecular weight excluding hydrogens is 166 g/mol. The summed E-state index contributed by atoms with van der Waals surface area (Å²) in [5, 5.41) is 9.58. The smallest absolute Gasteiger partial charge is 0.106 e. The van der Waals surface area contributed by atoms with Crippen LogP contribution in [0.25, 0.3) is 0 Å². The summed E-state index contributed by atoms with van der Waals surface area (Å²) in [6.07, 6.45) is 2.73. The van der Waals surface area contributed by atoms with Gasteiger partial charge in [0.05, 0.1) is 12.4 Å². The predicted molar refractivity (Wildman–Crippen MR) is 51.6 cm³/mol. The lowest BCUT2D eigenvalue weighted by Crippen LogP contribution is -2.20. The largest absolute Gasteiger partial charge is 0.469 e. The van der Waals surface area contributed by atoms with E-state index in [9.17, 15) is 5.11 Å². The van der Waals surface area contributed by atoms with Crippen LogP contribution in [0.4, 0.5) is 0 Å². The summed E-state index contributed by atoms with van der Waals surface area (Å²) < 4.78 is 5.14. The lowest BCUT2D eigenvalue weighted by atomic mass is 10.1. The average molecular weight is 183 g/mol. The molecule has 0 aromatic carbocycles. The van der Waals surface area contributed by atoms with Gasteiger partial charge < -0.3 is 14.4 Å². The fourth-order valence-corrected chi connectivity index (χ4v) is 1.17. The zero-order valence-corrected chi connectivity index (χ0v) is 8.23. The fourth-order valence-electron chi connectivity index (χ4n) is 1.17. The standard InChI is InChI=1S/C10H17NO2/c1-11(2)6-5-9(12)8-10-4-3-7-13-10/h3-4,7,9,12H,5-6,8H2,1-2H3. The minimum absolute atomic E-state index is 0.298. The summed E-state index contributed by atoms with van der Waals surface area (Å²) in [4.78, 5) is 2.06. The van der Waals surface area contributed by atoms with Gasteiger partial charge in [0.1, 0.15) is 5.76 Å². The van der Waals surface area contributed by atoms with Gasteiger partial charge in [-0.3, -0.25) is 0 Å². The van der Waals surface area contributed by atoms with Crippen molar-refractivity contribution in [1.29, 1.82) is 0 Å². The highest BCUT2D eigenvalue weighted by molar-refractivity contribution is 4.99. The van der Waals surface area contributed by atoms with Crippen LogP contribution in [-0.2, 0) is 6.42 Å². The van der Waals surface area contributed by atoms with Gasteiger partial charge in [0.15, 0.2) is 0 Å². The Morgan fingerprint density at radius 1 is 1.54 bits per heavy atom. The maximum absolute atomic E-state index is 9.58. The summed E-state index contributed by atoms with van der Waals surface area (Å²) >= 11 is 0. The normalized spacial score (nSPS) is 13.5. The van der Waals surface area contributed by atoms with Gasteiger partial charge in [-0.2, -0.15) is 0 Å². The van der Waals surface area contributed by atoms with Crippen molar-refractivity contribution >= 4 is 0 Å². The Balaban J connectivity index is 2.22. The molecule has 1 heterocycles. The van der Waals surface area contributed by atoms with Crippen molar-refractivity contribution in [2.75, 3.05) is 20.6 Å². The van der Waals surface area contributed by atoms with Crippen molar-refractivity contribution in [2.45, 2.75) is 18.9 Å². The first-order chi connectivity index (χ1) is 6.18. The van der Waals surface area contributed by atoms with Crippen molar-refractivity contribution < 1.29 is 9.52 Å². The Kier molecular flexibility index (Phi) is 3.99. The molecule has 74 valence electrons. The molecular formula is C10H17NO2. The number of rotatable bonds is 5. The van der Waals surface area contributed by atoms with E-state index in [2.05, 4.69) is 4.90 Å². The molecule has 13 heavy (non-hydrogen) atoms. The lowest BCUT2D eigenvalue weighted by molar-refractivity contribution is 0.146. The molecule has 0 aliphatic heterocycles. The number of aliphatic hydroxyl groups is 1. The van der Waals surface area contributed by atoms with E-state index in [-0.39, 0.29) is 6.10 Å². The zero-order valence-electron chi connectivity index (χ0n) is 8.23. The van der Waals surface area contributed by atoms with Crippen molar-refractivity contribution in [1.82, 2.24) is 4.90 Å². The third-order valence-corrected chi connectivity index (χ3v) is 1.93. The molecule has 0 aliphatic rings. The average Bonchev–Trinajstić information content (AvgIpc) is 2.53. The second kappa shape index (κ2) is 5.04. The lowest BCUT2D eigenvalue weighted by Gasteiger charge is -2.12. The fraction of sp³-hybridized carbons (Fsp3) is 0.600. The van der Waals surface area contributed by atoms with Crippen LogP contribution in [-0.4, -0.2) is 36.8 Å². The van der Waals surface area contributed by atoms with Gasteiger partial charge in [-0.15, -0.1) is 0 Å². The number of furan rings is 1. The Morgan fingerprint density at radius 2 is 2.31 bits per heavy atom. The van der Waals surface area contributed by atoms with Crippen LogP contribution >= 0.6 is 0 Å². The Bertz CT molecular complexity index is 219. The highest BCUT2D eigenvalue weighted by atomic mass is 16.3. The van der Waals surface area contributed by atoms with Gasteiger partial charge in [-0.1, -0.05) is 0 Å². The first-order valence-corrected chi connectivity index (χ1v) is 4.53. The van der Waals surface area contributed by atoms with Gasteiger partial charge in [0, 0.05) is 6.42 Å². The third kappa shape index (κ3) is 4.10. The second-order valence-electron chi connectivity index (χ2n) is 3.53. The van der Waals surface area contributed by atoms with E-state index >= 15 is 0 Å². The van der Waals surface area contributed by atoms with Crippen molar-refractivity contribution in [3.05, 3.63) is 24.2 Å². The molecule has 0 amide bonds. The second-order valence-corrected chi connectivity index (χ2v) is 3.53. The monoisotopic (exact) mass is 183 g/mol. The van der Waals surface area contributed by atoms with Crippen molar-refractivity contribution in [3.63, 3.8) is 0 Å².